The highest BCUT2D eigenvalue weighted by Crippen LogP contribution is 2.16. The van der Waals surface area contributed by atoms with Crippen LogP contribution in [0.25, 0.3) is 11.0 Å². The van der Waals surface area contributed by atoms with Gasteiger partial charge in [0.1, 0.15) is 5.82 Å². The second-order valence-corrected chi connectivity index (χ2v) is 2.81. The van der Waals surface area contributed by atoms with Gasteiger partial charge in [-0.1, -0.05) is 0 Å². The van der Waals surface area contributed by atoms with Crippen LogP contribution in [0.4, 0.5) is 4.39 Å². The molecule has 2 heterocycles. The van der Waals surface area contributed by atoms with E-state index in [1.54, 1.807) is 6.92 Å². The summed E-state index contributed by atoms with van der Waals surface area (Å²) >= 11 is 0. The Labute approximate surface area is 73.6 Å². The molecule has 0 aromatic carbocycles. The molecule has 0 spiro atoms. The van der Waals surface area contributed by atoms with Gasteiger partial charge in [-0.15, -0.1) is 0 Å². The van der Waals surface area contributed by atoms with E-state index in [0.29, 0.717) is 28.6 Å². The highest BCUT2D eigenvalue weighted by molar-refractivity contribution is 5.94. The first-order chi connectivity index (χ1) is 6.22. The van der Waals surface area contributed by atoms with Crippen LogP contribution in [0.2, 0.25) is 0 Å². The SMILES string of the molecule is Cc1nc2c(C=O)c[nH]c2cc1F. The van der Waals surface area contributed by atoms with Crippen LogP contribution in [0, 0.1) is 12.7 Å². The van der Waals surface area contributed by atoms with Crippen LogP contribution in [-0.2, 0) is 0 Å². The lowest BCUT2D eigenvalue weighted by Crippen LogP contribution is -1.89. The molecule has 0 aliphatic heterocycles. The molecule has 66 valence electrons. The Bertz CT molecular complexity index is 476. The van der Waals surface area contributed by atoms with Crippen LogP contribution >= 0.6 is 0 Å². The quantitative estimate of drug-likeness (QED) is 0.677. The lowest BCUT2D eigenvalue weighted by Gasteiger charge is -1.95. The number of carbonyl (C=O) groups excluding carboxylic acids is 1. The highest BCUT2D eigenvalue weighted by atomic mass is 19.1. The molecule has 0 unspecified atom stereocenters. The minimum Gasteiger partial charge on any atom is -0.359 e. The fraction of sp³-hybridized carbons (Fsp3) is 0.111. The monoisotopic (exact) mass is 178 g/mol. The van der Waals surface area contributed by atoms with E-state index in [-0.39, 0.29) is 5.82 Å². The van der Waals surface area contributed by atoms with Crippen LogP contribution in [0.5, 0.6) is 0 Å². The minimum absolute atomic E-state index is 0.301. The molecule has 2 aromatic rings. The maximum atomic E-state index is 13.0. The molecule has 2 rings (SSSR count). The number of hydrogen-bond acceptors (Lipinski definition) is 2. The van der Waals surface area contributed by atoms with Crippen molar-refractivity contribution in [3.05, 3.63) is 29.3 Å². The van der Waals surface area contributed by atoms with Gasteiger partial charge in [0, 0.05) is 12.3 Å². The number of aryl methyl sites for hydroxylation is 1. The maximum absolute atomic E-state index is 13.0. The number of fused-ring (bicyclic) bond motifs is 1. The molecular formula is C9H7FN2O. The number of halogens is 1. The molecule has 0 fully saturated rings. The molecule has 0 aliphatic rings. The average molecular weight is 178 g/mol. The van der Waals surface area contributed by atoms with Crippen molar-refractivity contribution in [1.82, 2.24) is 9.97 Å². The number of aldehydes is 1. The summed E-state index contributed by atoms with van der Waals surface area (Å²) in [5.74, 6) is -0.369. The molecule has 1 N–H and O–H groups in total. The van der Waals surface area contributed by atoms with E-state index in [9.17, 15) is 9.18 Å². The van der Waals surface area contributed by atoms with Gasteiger partial charge in [0.2, 0.25) is 0 Å². The fourth-order valence-corrected chi connectivity index (χ4v) is 1.22. The van der Waals surface area contributed by atoms with Crippen LogP contribution in [-0.4, -0.2) is 16.3 Å². The van der Waals surface area contributed by atoms with Gasteiger partial charge in [-0.3, -0.25) is 4.79 Å². The molecule has 0 saturated heterocycles. The van der Waals surface area contributed by atoms with Crippen molar-refractivity contribution in [2.24, 2.45) is 0 Å². The van der Waals surface area contributed by atoms with Crippen molar-refractivity contribution < 1.29 is 9.18 Å². The zero-order valence-electron chi connectivity index (χ0n) is 6.97. The first kappa shape index (κ1) is 7.91. The smallest absolute Gasteiger partial charge is 0.153 e. The lowest BCUT2D eigenvalue weighted by molar-refractivity contribution is 0.112. The van der Waals surface area contributed by atoms with Crippen LogP contribution in [0.3, 0.4) is 0 Å². The van der Waals surface area contributed by atoms with Crippen LogP contribution in [0.1, 0.15) is 16.1 Å². The summed E-state index contributed by atoms with van der Waals surface area (Å²) in [5, 5.41) is 0. The topological polar surface area (TPSA) is 45.8 Å². The fourth-order valence-electron chi connectivity index (χ4n) is 1.22. The molecule has 0 bridgehead atoms. The number of carbonyl (C=O) groups is 1. The number of aromatic nitrogens is 2. The first-order valence-corrected chi connectivity index (χ1v) is 3.82. The lowest BCUT2D eigenvalue weighted by atomic mass is 10.2. The zero-order chi connectivity index (χ0) is 9.42. The van der Waals surface area contributed by atoms with E-state index in [4.69, 9.17) is 0 Å². The Kier molecular flexibility index (Phi) is 1.62. The summed E-state index contributed by atoms with van der Waals surface area (Å²) in [6, 6.07) is 1.34. The third kappa shape index (κ3) is 1.11. The van der Waals surface area contributed by atoms with Gasteiger partial charge in [-0.25, -0.2) is 9.37 Å². The van der Waals surface area contributed by atoms with E-state index in [1.807, 2.05) is 0 Å². The van der Waals surface area contributed by atoms with Gasteiger partial charge < -0.3 is 4.98 Å². The van der Waals surface area contributed by atoms with Gasteiger partial charge in [0.15, 0.2) is 6.29 Å². The second-order valence-electron chi connectivity index (χ2n) is 2.81. The maximum Gasteiger partial charge on any atom is 0.153 e. The number of nitrogens with one attached hydrogen (secondary N) is 1. The largest absolute Gasteiger partial charge is 0.359 e. The summed E-state index contributed by atoms with van der Waals surface area (Å²) in [6.45, 7) is 1.57. The van der Waals surface area contributed by atoms with Crippen molar-refractivity contribution in [1.29, 1.82) is 0 Å². The molecular weight excluding hydrogens is 171 g/mol. The van der Waals surface area contributed by atoms with Gasteiger partial charge in [-0.05, 0) is 6.92 Å². The van der Waals surface area contributed by atoms with Crippen LogP contribution in [0.15, 0.2) is 12.3 Å². The molecule has 2 aromatic heterocycles. The summed E-state index contributed by atoms with van der Waals surface area (Å²) in [4.78, 5) is 17.3. The number of hydrogen-bond donors (Lipinski definition) is 1. The standard InChI is InChI=1S/C9H7FN2O/c1-5-7(10)2-8-9(12-5)6(4-13)3-11-8/h2-4,11H,1H3. The van der Waals surface area contributed by atoms with Crippen LogP contribution < -0.4 is 0 Å². The van der Waals surface area contributed by atoms with E-state index in [0.717, 1.165) is 0 Å². The normalized spacial score (nSPS) is 10.6. The Morgan fingerprint density at radius 2 is 2.38 bits per heavy atom. The van der Waals surface area contributed by atoms with Gasteiger partial charge in [-0.2, -0.15) is 0 Å². The molecule has 0 atom stereocenters. The van der Waals surface area contributed by atoms with Crippen molar-refractivity contribution >= 4 is 17.3 Å². The molecule has 0 aliphatic carbocycles. The van der Waals surface area contributed by atoms with Crippen molar-refractivity contribution in [2.45, 2.75) is 6.92 Å². The highest BCUT2D eigenvalue weighted by Gasteiger charge is 2.07. The zero-order valence-corrected chi connectivity index (χ0v) is 6.97. The number of aromatic amines is 1. The summed E-state index contributed by atoms with van der Waals surface area (Å²) < 4.78 is 13.0. The molecule has 4 heteroatoms. The third-order valence-electron chi connectivity index (χ3n) is 1.93. The van der Waals surface area contributed by atoms with E-state index in [2.05, 4.69) is 9.97 Å². The first-order valence-electron chi connectivity index (χ1n) is 3.82. The Morgan fingerprint density at radius 3 is 3.08 bits per heavy atom. The Balaban J connectivity index is 2.84. The summed E-state index contributed by atoms with van der Waals surface area (Å²) in [5.41, 5.74) is 1.83. The summed E-state index contributed by atoms with van der Waals surface area (Å²) in [7, 11) is 0. The molecule has 13 heavy (non-hydrogen) atoms. The second kappa shape index (κ2) is 2.65. The third-order valence-corrected chi connectivity index (χ3v) is 1.93. The van der Waals surface area contributed by atoms with Gasteiger partial charge in [0.25, 0.3) is 0 Å². The molecule has 0 amide bonds. The van der Waals surface area contributed by atoms with E-state index >= 15 is 0 Å². The predicted molar refractivity (Wildman–Crippen MR) is 46.2 cm³/mol. The van der Waals surface area contributed by atoms with Crippen molar-refractivity contribution in [3.8, 4) is 0 Å². The van der Waals surface area contributed by atoms with Crippen molar-refractivity contribution in [2.75, 3.05) is 0 Å². The molecule has 3 nitrogen and oxygen atoms in total. The van der Waals surface area contributed by atoms with E-state index in [1.165, 1.54) is 12.3 Å². The Hall–Kier alpha value is -1.71. The van der Waals surface area contributed by atoms with Gasteiger partial charge in [0.05, 0.1) is 22.3 Å². The molecule has 0 radical (unpaired) electrons. The number of H-pyrrole nitrogens is 1. The summed E-state index contributed by atoms with van der Waals surface area (Å²) in [6.07, 6.45) is 2.22. The molecule has 0 saturated carbocycles. The number of nitrogens with zero attached hydrogens (tertiary/aromatic N) is 1. The number of pyridine rings is 1. The average Bonchev–Trinajstić information content (AvgIpc) is 2.48. The van der Waals surface area contributed by atoms with E-state index < -0.39 is 0 Å². The van der Waals surface area contributed by atoms with Crippen molar-refractivity contribution in [3.63, 3.8) is 0 Å². The Morgan fingerprint density at radius 1 is 1.62 bits per heavy atom. The number of rotatable bonds is 1. The predicted octanol–water partition coefficient (Wildman–Crippen LogP) is 1.82. The minimum atomic E-state index is -0.369. The van der Waals surface area contributed by atoms with Gasteiger partial charge >= 0.3 is 0 Å².